The van der Waals surface area contributed by atoms with Crippen LogP contribution in [-0.2, 0) is 9.78 Å². The van der Waals surface area contributed by atoms with Gasteiger partial charge >= 0.3 is 0 Å². The van der Waals surface area contributed by atoms with E-state index < -0.39 is 0 Å². The third-order valence-corrected chi connectivity index (χ3v) is 4.03. The molecule has 0 bridgehead atoms. The average molecular weight is 260 g/mol. The van der Waals surface area contributed by atoms with Gasteiger partial charge in [0, 0.05) is 12.1 Å². The van der Waals surface area contributed by atoms with E-state index in [1.54, 1.807) is 0 Å². The van der Waals surface area contributed by atoms with Gasteiger partial charge in [-0.05, 0) is 69.7 Å². The van der Waals surface area contributed by atoms with Crippen LogP contribution in [0.2, 0.25) is 0 Å². The van der Waals surface area contributed by atoms with Gasteiger partial charge in [0.2, 0.25) is 0 Å². The molecule has 110 valence electrons. The molecule has 0 saturated heterocycles. The molecule has 4 nitrogen and oxygen atoms in total. The van der Waals surface area contributed by atoms with Crippen LogP contribution < -0.4 is 0 Å². The molecular formula is C14H32N2O2. The van der Waals surface area contributed by atoms with Gasteiger partial charge in [-0.3, -0.25) is 0 Å². The Hall–Kier alpha value is -0.160. The molecule has 2 unspecified atom stereocenters. The molecule has 0 aliphatic heterocycles. The van der Waals surface area contributed by atoms with Gasteiger partial charge in [0.05, 0.1) is 0 Å². The number of hydrogen-bond donors (Lipinski definition) is 0. The fourth-order valence-corrected chi connectivity index (χ4v) is 1.60. The minimum atomic E-state index is -0.354. The maximum atomic E-state index is 5.72. The van der Waals surface area contributed by atoms with E-state index in [9.17, 15) is 0 Å². The fraction of sp³-hybridized carbons (Fsp3) is 1.00. The van der Waals surface area contributed by atoms with Crippen molar-refractivity contribution >= 4 is 0 Å². The normalized spacial score (nSPS) is 17.3. The highest BCUT2D eigenvalue weighted by Gasteiger charge is 2.35. The van der Waals surface area contributed by atoms with Crippen molar-refractivity contribution in [1.82, 2.24) is 9.80 Å². The molecule has 0 rings (SSSR count). The number of likely N-dealkylation sites (N-methyl/N-ethyl adjacent to an activating group) is 2. The molecule has 0 aliphatic rings. The van der Waals surface area contributed by atoms with Crippen molar-refractivity contribution in [3.8, 4) is 0 Å². The molecule has 0 aromatic rings. The molecule has 0 aromatic heterocycles. The summed E-state index contributed by atoms with van der Waals surface area (Å²) in [5, 5.41) is 0. The van der Waals surface area contributed by atoms with E-state index >= 15 is 0 Å². The first kappa shape index (κ1) is 17.8. The van der Waals surface area contributed by atoms with E-state index in [0.29, 0.717) is 0 Å². The van der Waals surface area contributed by atoms with Gasteiger partial charge < -0.3 is 9.80 Å². The summed E-state index contributed by atoms with van der Waals surface area (Å²) in [4.78, 5) is 15.7. The van der Waals surface area contributed by atoms with Gasteiger partial charge in [-0.25, -0.2) is 9.78 Å². The second-order valence-corrected chi connectivity index (χ2v) is 6.65. The zero-order valence-corrected chi connectivity index (χ0v) is 13.9. The van der Waals surface area contributed by atoms with Crippen LogP contribution in [0.1, 0.15) is 41.5 Å². The maximum Gasteiger partial charge on any atom is 0.113 e. The molecule has 0 saturated carbocycles. The minimum Gasteiger partial charge on any atom is -0.304 e. The van der Waals surface area contributed by atoms with E-state index in [0.717, 1.165) is 0 Å². The van der Waals surface area contributed by atoms with E-state index in [2.05, 4.69) is 23.6 Å². The molecular weight excluding hydrogens is 228 g/mol. The molecule has 0 radical (unpaired) electrons. The fourth-order valence-electron chi connectivity index (χ4n) is 1.60. The molecule has 4 heteroatoms. The Morgan fingerprint density at radius 3 is 1.06 bits per heavy atom. The standard InChI is InChI=1S/C14H32N2O2/c1-11(15(7)8)13(3,4)17-18-14(5,6)12(2)16(9)10/h11-12H,1-10H3. The van der Waals surface area contributed by atoms with Gasteiger partial charge in [0.25, 0.3) is 0 Å². The summed E-state index contributed by atoms with van der Waals surface area (Å²) < 4.78 is 0. The first-order valence-electron chi connectivity index (χ1n) is 6.61. The smallest absolute Gasteiger partial charge is 0.113 e. The molecule has 0 aliphatic carbocycles. The second kappa shape index (κ2) is 6.33. The quantitative estimate of drug-likeness (QED) is 0.518. The molecule has 2 atom stereocenters. The van der Waals surface area contributed by atoms with Gasteiger partial charge in [-0.1, -0.05) is 0 Å². The molecule has 0 heterocycles. The highest BCUT2D eigenvalue weighted by Crippen LogP contribution is 2.25. The Balaban J connectivity index is 4.56. The summed E-state index contributed by atoms with van der Waals surface area (Å²) in [7, 11) is 8.18. The molecule has 0 aromatic carbocycles. The second-order valence-electron chi connectivity index (χ2n) is 6.65. The Morgan fingerprint density at radius 1 is 0.667 bits per heavy atom. The molecule has 0 amide bonds. The lowest BCUT2D eigenvalue weighted by molar-refractivity contribution is -0.413. The molecule has 0 spiro atoms. The lowest BCUT2D eigenvalue weighted by atomic mass is 9.99. The Kier molecular flexibility index (Phi) is 6.27. The summed E-state index contributed by atoms with van der Waals surface area (Å²) in [5.74, 6) is 0. The van der Waals surface area contributed by atoms with Crippen molar-refractivity contribution in [2.24, 2.45) is 0 Å². The van der Waals surface area contributed by atoms with Crippen LogP contribution in [0, 0.1) is 0 Å². The van der Waals surface area contributed by atoms with Gasteiger partial charge in [0.1, 0.15) is 11.2 Å². The SMILES string of the molecule is CC(N(C)C)C(C)(C)OOC(C)(C)C(C)N(C)C. The van der Waals surface area contributed by atoms with Gasteiger partial charge in [-0.15, -0.1) is 0 Å². The van der Waals surface area contributed by atoms with Crippen molar-refractivity contribution in [3.05, 3.63) is 0 Å². The number of rotatable bonds is 7. The third kappa shape index (κ3) is 4.84. The monoisotopic (exact) mass is 260 g/mol. The predicted molar refractivity (Wildman–Crippen MR) is 76.6 cm³/mol. The van der Waals surface area contributed by atoms with E-state index in [1.807, 2.05) is 55.9 Å². The predicted octanol–water partition coefficient (Wildman–Crippen LogP) is 2.39. The van der Waals surface area contributed by atoms with Crippen molar-refractivity contribution in [3.63, 3.8) is 0 Å². The largest absolute Gasteiger partial charge is 0.304 e. The van der Waals surface area contributed by atoms with Crippen LogP contribution in [0.25, 0.3) is 0 Å². The zero-order chi connectivity index (χ0) is 14.7. The minimum absolute atomic E-state index is 0.267. The zero-order valence-electron chi connectivity index (χ0n) is 13.9. The van der Waals surface area contributed by atoms with Crippen LogP contribution in [0.5, 0.6) is 0 Å². The summed E-state index contributed by atoms with van der Waals surface area (Å²) in [6, 6.07) is 0.533. The summed E-state index contributed by atoms with van der Waals surface area (Å²) in [6.07, 6.45) is 0. The maximum absolute atomic E-state index is 5.72. The lowest BCUT2D eigenvalue weighted by Gasteiger charge is -2.40. The summed E-state index contributed by atoms with van der Waals surface area (Å²) in [6.45, 7) is 12.5. The van der Waals surface area contributed by atoms with Crippen molar-refractivity contribution in [1.29, 1.82) is 0 Å². The van der Waals surface area contributed by atoms with E-state index in [-0.39, 0.29) is 23.3 Å². The Bertz CT molecular complexity index is 224. The molecule has 0 fully saturated rings. The van der Waals surface area contributed by atoms with Gasteiger partial charge in [0.15, 0.2) is 0 Å². The third-order valence-electron chi connectivity index (χ3n) is 4.03. The van der Waals surface area contributed by atoms with Crippen molar-refractivity contribution < 1.29 is 9.78 Å². The number of hydrogen-bond acceptors (Lipinski definition) is 4. The van der Waals surface area contributed by atoms with Gasteiger partial charge in [-0.2, -0.15) is 0 Å². The van der Waals surface area contributed by atoms with E-state index in [4.69, 9.17) is 9.78 Å². The highest BCUT2D eigenvalue weighted by molar-refractivity contribution is 4.83. The Labute approximate surface area is 113 Å². The van der Waals surface area contributed by atoms with Crippen LogP contribution in [0.4, 0.5) is 0 Å². The highest BCUT2D eigenvalue weighted by atomic mass is 17.2. The molecule has 18 heavy (non-hydrogen) atoms. The van der Waals surface area contributed by atoms with Crippen LogP contribution in [-0.4, -0.2) is 61.3 Å². The van der Waals surface area contributed by atoms with Crippen LogP contribution in [0.3, 0.4) is 0 Å². The van der Waals surface area contributed by atoms with Crippen LogP contribution in [0.15, 0.2) is 0 Å². The summed E-state index contributed by atoms with van der Waals surface area (Å²) >= 11 is 0. The number of nitrogens with zero attached hydrogens (tertiary/aromatic N) is 2. The van der Waals surface area contributed by atoms with E-state index in [1.165, 1.54) is 0 Å². The van der Waals surface area contributed by atoms with Crippen molar-refractivity contribution in [2.45, 2.75) is 64.8 Å². The average Bonchev–Trinajstić information content (AvgIpc) is 2.24. The Morgan fingerprint density at radius 2 is 0.889 bits per heavy atom. The summed E-state index contributed by atoms with van der Waals surface area (Å²) in [5.41, 5.74) is -0.709. The topological polar surface area (TPSA) is 24.9 Å². The van der Waals surface area contributed by atoms with Crippen molar-refractivity contribution in [2.75, 3.05) is 28.2 Å². The first-order valence-corrected chi connectivity index (χ1v) is 6.61. The van der Waals surface area contributed by atoms with Crippen LogP contribution >= 0.6 is 0 Å². The molecule has 0 N–H and O–H groups in total. The lowest BCUT2D eigenvalue weighted by Crippen LogP contribution is -2.51. The first-order chi connectivity index (χ1) is 7.92.